The highest BCUT2D eigenvalue weighted by Crippen LogP contribution is 2.29. The van der Waals surface area contributed by atoms with Crippen LogP contribution in [0.2, 0.25) is 0 Å². The summed E-state index contributed by atoms with van der Waals surface area (Å²) in [6, 6.07) is 0. The summed E-state index contributed by atoms with van der Waals surface area (Å²) in [6.45, 7) is 2.06. The number of epoxide rings is 1. The Kier molecular flexibility index (Phi) is 2.14. The highest BCUT2D eigenvalue weighted by Gasteiger charge is 2.37. The van der Waals surface area contributed by atoms with Crippen molar-refractivity contribution in [2.45, 2.75) is 57.5 Å². The molecule has 0 aromatic heterocycles. The van der Waals surface area contributed by atoms with Gasteiger partial charge in [-0.1, -0.05) is 19.3 Å². The van der Waals surface area contributed by atoms with Gasteiger partial charge in [-0.15, -0.1) is 0 Å². The van der Waals surface area contributed by atoms with Gasteiger partial charge in [-0.2, -0.15) is 0 Å². The van der Waals surface area contributed by atoms with Gasteiger partial charge in [-0.3, -0.25) is 0 Å². The topological polar surface area (TPSA) is 21.8 Å². The third-order valence-corrected chi connectivity index (χ3v) is 2.53. The first kappa shape index (κ1) is 7.56. The van der Waals surface area contributed by atoms with Crippen LogP contribution in [0.5, 0.6) is 0 Å². The molecule has 2 heteroatoms. The molecule has 2 rings (SSSR count). The second-order valence-corrected chi connectivity index (χ2v) is 3.61. The summed E-state index contributed by atoms with van der Waals surface area (Å²) in [6.07, 6.45) is 7.55. The standard InChI is InChI=1S/C9H16O2/c1-7-9(10-7)11-8-5-3-2-4-6-8/h7-9H,2-6H2,1H3. The number of ether oxygens (including phenoxy) is 2. The molecule has 1 aliphatic carbocycles. The highest BCUT2D eigenvalue weighted by molar-refractivity contribution is 4.74. The summed E-state index contributed by atoms with van der Waals surface area (Å²) in [5.74, 6) is 0. The van der Waals surface area contributed by atoms with E-state index in [0.29, 0.717) is 12.2 Å². The van der Waals surface area contributed by atoms with E-state index in [1.807, 2.05) is 0 Å². The van der Waals surface area contributed by atoms with Crippen molar-refractivity contribution in [2.24, 2.45) is 0 Å². The summed E-state index contributed by atoms with van der Waals surface area (Å²) in [7, 11) is 0. The van der Waals surface area contributed by atoms with Crippen molar-refractivity contribution in [1.82, 2.24) is 0 Å². The van der Waals surface area contributed by atoms with Gasteiger partial charge in [-0.05, 0) is 19.8 Å². The quantitative estimate of drug-likeness (QED) is 0.571. The number of hydrogen-bond donors (Lipinski definition) is 0. The molecule has 0 aromatic carbocycles. The van der Waals surface area contributed by atoms with E-state index in [2.05, 4.69) is 6.92 Å². The maximum Gasteiger partial charge on any atom is 0.184 e. The van der Waals surface area contributed by atoms with Crippen LogP contribution in [0.1, 0.15) is 39.0 Å². The molecule has 0 N–H and O–H groups in total. The van der Waals surface area contributed by atoms with Gasteiger partial charge in [0.2, 0.25) is 0 Å². The van der Waals surface area contributed by atoms with Gasteiger partial charge in [0.05, 0.1) is 6.10 Å². The zero-order valence-corrected chi connectivity index (χ0v) is 7.08. The predicted octanol–water partition coefficient (Wildman–Crippen LogP) is 2.08. The largest absolute Gasteiger partial charge is 0.347 e. The summed E-state index contributed by atoms with van der Waals surface area (Å²) in [5, 5.41) is 0. The van der Waals surface area contributed by atoms with Crippen molar-refractivity contribution < 1.29 is 9.47 Å². The van der Waals surface area contributed by atoms with Crippen LogP contribution in [0.15, 0.2) is 0 Å². The molecule has 0 bridgehead atoms. The van der Waals surface area contributed by atoms with Gasteiger partial charge in [0, 0.05) is 0 Å². The summed E-state index contributed by atoms with van der Waals surface area (Å²) < 4.78 is 10.9. The zero-order valence-electron chi connectivity index (χ0n) is 7.08. The van der Waals surface area contributed by atoms with Crippen molar-refractivity contribution in [3.05, 3.63) is 0 Å². The van der Waals surface area contributed by atoms with Crippen LogP contribution >= 0.6 is 0 Å². The summed E-state index contributed by atoms with van der Waals surface area (Å²) in [4.78, 5) is 0. The van der Waals surface area contributed by atoms with Crippen molar-refractivity contribution in [3.63, 3.8) is 0 Å². The van der Waals surface area contributed by atoms with E-state index in [-0.39, 0.29) is 6.29 Å². The Hall–Kier alpha value is -0.0800. The predicted molar refractivity (Wildman–Crippen MR) is 42.3 cm³/mol. The molecule has 0 spiro atoms. The molecule has 1 saturated carbocycles. The maximum atomic E-state index is 5.69. The van der Waals surface area contributed by atoms with Crippen molar-refractivity contribution in [2.75, 3.05) is 0 Å². The van der Waals surface area contributed by atoms with E-state index >= 15 is 0 Å². The summed E-state index contributed by atoms with van der Waals surface area (Å²) >= 11 is 0. The summed E-state index contributed by atoms with van der Waals surface area (Å²) in [5.41, 5.74) is 0. The molecule has 0 amide bonds. The van der Waals surface area contributed by atoms with E-state index in [0.717, 1.165) is 0 Å². The van der Waals surface area contributed by atoms with Crippen LogP contribution in [-0.4, -0.2) is 18.5 Å². The van der Waals surface area contributed by atoms with Crippen LogP contribution in [0.4, 0.5) is 0 Å². The highest BCUT2D eigenvalue weighted by atomic mass is 16.8. The molecule has 2 nitrogen and oxygen atoms in total. The molecule has 2 unspecified atom stereocenters. The number of rotatable bonds is 2. The van der Waals surface area contributed by atoms with E-state index in [9.17, 15) is 0 Å². The molecule has 0 aromatic rings. The average Bonchev–Trinajstić information content (AvgIpc) is 2.69. The third kappa shape index (κ3) is 1.94. The van der Waals surface area contributed by atoms with Gasteiger partial charge < -0.3 is 9.47 Å². The second kappa shape index (κ2) is 3.11. The Bertz CT molecular complexity index is 130. The molecule has 64 valence electrons. The molecule has 1 aliphatic heterocycles. The molecule has 0 radical (unpaired) electrons. The second-order valence-electron chi connectivity index (χ2n) is 3.61. The molecule has 2 aliphatic rings. The lowest BCUT2D eigenvalue weighted by molar-refractivity contribution is -0.0281. The molecular weight excluding hydrogens is 140 g/mol. The normalized spacial score (nSPS) is 39.0. The molecule has 1 saturated heterocycles. The first-order valence-corrected chi connectivity index (χ1v) is 4.67. The van der Waals surface area contributed by atoms with Crippen LogP contribution < -0.4 is 0 Å². The van der Waals surface area contributed by atoms with E-state index < -0.39 is 0 Å². The van der Waals surface area contributed by atoms with Crippen molar-refractivity contribution in [3.8, 4) is 0 Å². The fourth-order valence-electron chi connectivity index (χ4n) is 1.70. The van der Waals surface area contributed by atoms with Crippen molar-refractivity contribution in [1.29, 1.82) is 0 Å². The average molecular weight is 156 g/mol. The van der Waals surface area contributed by atoms with Crippen LogP contribution in [0.25, 0.3) is 0 Å². The minimum absolute atomic E-state index is 0.137. The van der Waals surface area contributed by atoms with Gasteiger partial charge >= 0.3 is 0 Å². The molecule has 2 atom stereocenters. The Morgan fingerprint density at radius 3 is 2.36 bits per heavy atom. The lowest BCUT2D eigenvalue weighted by Crippen LogP contribution is -2.18. The zero-order chi connectivity index (χ0) is 7.68. The lowest BCUT2D eigenvalue weighted by atomic mass is 9.98. The Balaban J connectivity index is 1.68. The minimum atomic E-state index is 0.137. The third-order valence-electron chi connectivity index (χ3n) is 2.53. The monoisotopic (exact) mass is 156 g/mol. The molecule has 1 heterocycles. The Morgan fingerprint density at radius 1 is 1.18 bits per heavy atom. The molecule has 2 fully saturated rings. The van der Waals surface area contributed by atoms with Crippen molar-refractivity contribution >= 4 is 0 Å². The number of hydrogen-bond acceptors (Lipinski definition) is 2. The van der Waals surface area contributed by atoms with E-state index in [1.165, 1.54) is 32.1 Å². The lowest BCUT2D eigenvalue weighted by Gasteiger charge is -2.20. The molecule has 11 heavy (non-hydrogen) atoms. The maximum absolute atomic E-state index is 5.69. The van der Waals surface area contributed by atoms with E-state index in [4.69, 9.17) is 9.47 Å². The van der Waals surface area contributed by atoms with Gasteiger partial charge in [0.1, 0.15) is 6.10 Å². The Morgan fingerprint density at radius 2 is 1.82 bits per heavy atom. The van der Waals surface area contributed by atoms with E-state index in [1.54, 1.807) is 0 Å². The van der Waals surface area contributed by atoms with Gasteiger partial charge in [-0.25, -0.2) is 0 Å². The first-order chi connectivity index (χ1) is 5.36. The van der Waals surface area contributed by atoms with Gasteiger partial charge in [0.15, 0.2) is 6.29 Å². The smallest absolute Gasteiger partial charge is 0.184 e. The Labute approximate surface area is 67.9 Å². The van der Waals surface area contributed by atoms with Gasteiger partial charge in [0.25, 0.3) is 0 Å². The minimum Gasteiger partial charge on any atom is -0.347 e. The fourth-order valence-corrected chi connectivity index (χ4v) is 1.70. The first-order valence-electron chi connectivity index (χ1n) is 4.67. The van der Waals surface area contributed by atoms with Crippen LogP contribution in [0, 0.1) is 0 Å². The van der Waals surface area contributed by atoms with Crippen LogP contribution in [0.3, 0.4) is 0 Å². The SMILES string of the molecule is CC1OC1OC1CCCCC1. The van der Waals surface area contributed by atoms with Crippen LogP contribution in [-0.2, 0) is 9.47 Å². The fraction of sp³-hybridized carbons (Fsp3) is 1.00. The molecular formula is C9H16O2.